The van der Waals surface area contributed by atoms with Crippen molar-refractivity contribution in [2.75, 3.05) is 41.7 Å². The van der Waals surface area contributed by atoms with Crippen molar-refractivity contribution in [3.05, 3.63) is 54.6 Å². The molecule has 7 nitrogen and oxygen atoms in total. The van der Waals surface area contributed by atoms with Gasteiger partial charge in [0, 0.05) is 42.4 Å². The van der Waals surface area contributed by atoms with Gasteiger partial charge < -0.3 is 20.9 Å². The van der Waals surface area contributed by atoms with Crippen LogP contribution in [0, 0.1) is 0 Å². The Morgan fingerprint density at radius 3 is 2.19 bits per heavy atom. The number of piperazine rings is 1. The number of hydrogen-bond donors (Lipinski definition) is 4. The Hall–Kier alpha value is -2.84. The first-order valence-corrected chi connectivity index (χ1v) is 9.31. The molecule has 2 aromatic carbocycles. The zero-order valence-corrected chi connectivity index (χ0v) is 15.7. The minimum Gasteiger partial charge on any atom is -0.338 e. The lowest BCUT2D eigenvalue weighted by Crippen LogP contribution is -2.44. The van der Waals surface area contributed by atoms with E-state index in [1.807, 2.05) is 54.6 Å². The lowest BCUT2D eigenvalue weighted by molar-refractivity contribution is 0.579. The molecular weight excluding hydrogens is 358 g/mol. The summed E-state index contributed by atoms with van der Waals surface area (Å²) in [6.07, 6.45) is 0. The van der Waals surface area contributed by atoms with Gasteiger partial charge in [0.1, 0.15) is 0 Å². The predicted molar refractivity (Wildman–Crippen MR) is 112 cm³/mol. The van der Waals surface area contributed by atoms with E-state index in [9.17, 15) is 0 Å². The minimum absolute atomic E-state index is 0.496. The van der Waals surface area contributed by atoms with E-state index >= 15 is 0 Å². The maximum Gasteiger partial charge on any atom is 0.233 e. The maximum atomic E-state index is 4.62. The average molecular weight is 379 g/mol. The summed E-state index contributed by atoms with van der Waals surface area (Å²) in [5, 5.41) is 9.87. The first-order valence-electron chi connectivity index (χ1n) is 8.86. The molecule has 0 saturated carbocycles. The van der Waals surface area contributed by atoms with Crippen LogP contribution in [0.2, 0.25) is 0 Å². The molecule has 138 valence electrons. The Morgan fingerprint density at radius 1 is 0.815 bits per heavy atom. The molecule has 3 aromatic rings. The fourth-order valence-corrected chi connectivity index (χ4v) is 3.07. The lowest BCUT2D eigenvalue weighted by Gasteiger charge is -2.27. The zero-order valence-electron chi connectivity index (χ0n) is 14.8. The van der Waals surface area contributed by atoms with Gasteiger partial charge in [0.05, 0.1) is 0 Å². The summed E-state index contributed by atoms with van der Waals surface area (Å²) < 4.78 is 0. The fourth-order valence-electron chi connectivity index (χ4n) is 2.85. The van der Waals surface area contributed by atoms with E-state index in [4.69, 9.17) is 0 Å². The highest BCUT2D eigenvalue weighted by Crippen LogP contribution is 2.21. The normalized spacial score (nSPS) is 14.0. The summed E-state index contributed by atoms with van der Waals surface area (Å²) in [6.45, 7) is 3.55. The fraction of sp³-hybridized carbons (Fsp3) is 0.211. The number of anilines is 5. The van der Waals surface area contributed by atoms with Crippen LogP contribution in [0.25, 0.3) is 0 Å². The molecule has 3 N–H and O–H groups in total. The third kappa shape index (κ3) is 4.66. The van der Waals surface area contributed by atoms with Gasteiger partial charge >= 0.3 is 0 Å². The number of hydrogen-bond acceptors (Lipinski definition) is 8. The molecule has 0 bridgehead atoms. The predicted octanol–water partition coefficient (Wildman–Crippen LogP) is 3.06. The summed E-state index contributed by atoms with van der Waals surface area (Å²) in [7, 11) is 0. The van der Waals surface area contributed by atoms with Crippen LogP contribution >= 0.6 is 12.6 Å². The Labute approximate surface area is 163 Å². The molecule has 8 heteroatoms. The van der Waals surface area contributed by atoms with Gasteiger partial charge in [-0.2, -0.15) is 15.0 Å². The van der Waals surface area contributed by atoms with E-state index in [0.717, 1.165) is 42.4 Å². The molecule has 27 heavy (non-hydrogen) atoms. The van der Waals surface area contributed by atoms with E-state index in [1.165, 1.54) is 0 Å². The summed E-state index contributed by atoms with van der Waals surface area (Å²) >= 11 is 4.39. The minimum atomic E-state index is 0.496. The van der Waals surface area contributed by atoms with E-state index < -0.39 is 0 Å². The molecule has 4 rings (SSSR count). The van der Waals surface area contributed by atoms with Crippen LogP contribution in [-0.4, -0.2) is 41.1 Å². The first-order chi connectivity index (χ1) is 13.3. The van der Waals surface area contributed by atoms with Crippen LogP contribution < -0.4 is 20.9 Å². The molecule has 0 spiro atoms. The standard InChI is InChI=1S/C19H21N7S/c27-16-8-4-7-15(13-16)22-18-23-17(21-14-5-2-1-3-6-14)24-19(25-18)26-11-9-20-10-12-26/h1-8,13,20,27H,9-12H2,(H2,21,22,23,24,25). The van der Waals surface area contributed by atoms with Crippen molar-refractivity contribution < 1.29 is 0 Å². The van der Waals surface area contributed by atoms with E-state index in [0.29, 0.717) is 17.8 Å². The van der Waals surface area contributed by atoms with Crippen LogP contribution in [0.1, 0.15) is 0 Å². The molecule has 0 amide bonds. The van der Waals surface area contributed by atoms with E-state index in [-0.39, 0.29) is 0 Å². The van der Waals surface area contributed by atoms with Gasteiger partial charge in [0.2, 0.25) is 17.8 Å². The van der Waals surface area contributed by atoms with Crippen LogP contribution in [0.4, 0.5) is 29.2 Å². The largest absolute Gasteiger partial charge is 0.338 e. The molecule has 0 unspecified atom stereocenters. The Morgan fingerprint density at radius 2 is 1.48 bits per heavy atom. The first kappa shape index (κ1) is 17.6. The second-order valence-electron chi connectivity index (χ2n) is 6.19. The monoisotopic (exact) mass is 379 g/mol. The Bertz CT molecular complexity index is 898. The Balaban J connectivity index is 1.65. The molecule has 1 aromatic heterocycles. The SMILES string of the molecule is Sc1cccc(Nc2nc(Nc3ccccc3)nc(N3CCNCC3)n2)c1. The van der Waals surface area contributed by atoms with Gasteiger partial charge in [-0.05, 0) is 30.3 Å². The number of rotatable bonds is 5. The van der Waals surface area contributed by atoms with Gasteiger partial charge in [-0.1, -0.05) is 24.3 Å². The van der Waals surface area contributed by atoms with Crippen molar-refractivity contribution in [2.45, 2.75) is 4.90 Å². The third-order valence-corrected chi connectivity index (χ3v) is 4.43. The molecule has 1 fully saturated rings. The van der Waals surface area contributed by atoms with Gasteiger partial charge in [-0.25, -0.2) is 0 Å². The zero-order chi connectivity index (χ0) is 18.5. The van der Waals surface area contributed by atoms with Crippen molar-refractivity contribution in [1.82, 2.24) is 20.3 Å². The van der Waals surface area contributed by atoms with Crippen molar-refractivity contribution >= 4 is 41.8 Å². The van der Waals surface area contributed by atoms with Gasteiger partial charge in [-0.3, -0.25) is 0 Å². The van der Waals surface area contributed by atoms with Crippen molar-refractivity contribution in [3.63, 3.8) is 0 Å². The quantitative estimate of drug-likeness (QED) is 0.508. The van der Waals surface area contributed by atoms with Crippen molar-refractivity contribution in [1.29, 1.82) is 0 Å². The number of thiol groups is 1. The topological polar surface area (TPSA) is 78.0 Å². The summed E-state index contributed by atoms with van der Waals surface area (Å²) in [4.78, 5) is 16.8. The lowest BCUT2D eigenvalue weighted by atomic mass is 10.3. The highest BCUT2D eigenvalue weighted by atomic mass is 32.1. The summed E-state index contributed by atoms with van der Waals surface area (Å²) in [5.41, 5.74) is 1.81. The number of nitrogens with zero attached hydrogens (tertiary/aromatic N) is 4. The van der Waals surface area contributed by atoms with Crippen LogP contribution in [0.5, 0.6) is 0 Å². The van der Waals surface area contributed by atoms with Gasteiger partial charge in [0.25, 0.3) is 0 Å². The smallest absolute Gasteiger partial charge is 0.233 e. The van der Waals surface area contributed by atoms with Crippen LogP contribution in [-0.2, 0) is 0 Å². The number of para-hydroxylation sites is 1. The molecule has 1 saturated heterocycles. The number of aromatic nitrogens is 3. The molecule has 0 atom stereocenters. The average Bonchev–Trinajstić information content (AvgIpc) is 2.69. The van der Waals surface area contributed by atoms with Crippen molar-refractivity contribution in [3.8, 4) is 0 Å². The molecular formula is C19H21N7S. The highest BCUT2D eigenvalue weighted by Gasteiger charge is 2.16. The van der Waals surface area contributed by atoms with Gasteiger partial charge in [-0.15, -0.1) is 12.6 Å². The summed E-state index contributed by atoms with van der Waals surface area (Å²) in [6, 6.07) is 17.6. The maximum absolute atomic E-state index is 4.62. The number of nitrogens with one attached hydrogen (secondary N) is 3. The Kier molecular flexibility index (Phi) is 5.36. The van der Waals surface area contributed by atoms with E-state index in [1.54, 1.807) is 0 Å². The second-order valence-corrected chi connectivity index (χ2v) is 6.70. The molecule has 0 radical (unpaired) electrons. The van der Waals surface area contributed by atoms with Crippen LogP contribution in [0.3, 0.4) is 0 Å². The molecule has 2 heterocycles. The number of benzene rings is 2. The molecule has 0 aliphatic carbocycles. The third-order valence-electron chi connectivity index (χ3n) is 4.16. The van der Waals surface area contributed by atoms with E-state index in [2.05, 4.69) is 48.4 Å². The molecule has 1 aliphatic heterocycles. The highest BCUT2D eigenvalue weighted by molar-refractivity contribution is 7.80. The second kappa shape index (κ2) is 8.24. The van der Waals surface area contributed by atoms with Crippen molar-refractivity contribution in [2.24, 2.45) is 0 Å². The molecule has 1 aliphatic rings. The summed E-state index contributed by atoms with van der Waals surface area (Å²) in [5.74, 6) is 1.67. The van der Waals surface area contributed by atoms with Gasteiger partial charge in [0.15, 0.2) is 0 Å². The van der Waals surface area contributed by atoms with Crippen LogP contribution in [0.15, 0.2) is 59.5 Å².